The van der Waals surface area contributed by atoms with Gasteiger partial charge in [-0.3, -0.25) is 19.8 Å². The maximum absolute atomic E-state index is 12.4. The summed E-state index contributed by atoms with van der Waals surface area (Å²) in [5, 5.41) is 14.2. The summed E-state index contributed by atoms with van der Waals surface area (Å²) in [6.45, 7) is 5.57. The fourth-order valence-corrected chi connectivity index (χ4v) is 2.92. The van der Waals surface area contributed by atoms with Gasteiger partial charge in [0.1, 0.15) is 5.69 Å². The van der Waals surface area contributed by atoms with E-state index >= 15 is 0 Å². The van der Waals surface area contributed by atoms with Crippen molar-refractivity contribution in [2.75, 3.05) is 32.8 Å². The highest BCUT2D eigenvalue weighted by Gasteiger charge is 2.20. The molecule has 0 bridgehead atoms. The van der Waals surface area contributed by atoms with Gasteiger partial charge in [-0.25, -0.2) is 4.98 Å². The van der Waals surface area contributed by atoms with Crippen LogP contribution in [0.4, 0.5) is 5.69 Å². The Kier molecular flexibility index (Phi) is 5.59. The molecule has 1 unspecified atom stereocenters. The minimum Gasteiger partial charge on any atom is -0.379 e. The summed E-state index contributed by atoms with van der Waals surface area (Å²) in [5.41, 5.74) is 0.484. The lowest BCUT2D eigenvalue weighted by Crippen LogP contribution is -2.47. The van der Waals surface area contributed by atoms with Gasteiger partial charge >= 0.3 is 0 Å². The van der Waals surface area contributed by atoms with Crippen LogP contribution < -0.4 is 5.32 Å². The summed E-state index contributed by atoms with van der Waals surface area (Å²) in [6, 6.07) is 4.60. The molecular formula is C17H21N5O4. The fraction of sp³-hybridized carbons (Fsp3) is 0.412. The van der Waals surface area contributed by atoms with E-state index in [2.05, 4.69) is 15.2 Å². The van der Waals surface area contributed by atoms with Crippen molar-refractivity contribution in [1.82, 2.24) is 19.8 Å². The monoisotopic (exact) mass is 359 g/mol. The number of morpholine rings is 1. The first-order valence-electron chi connectivity index (χ1n) is 8.43. The maximum Gasteiger partial charge on any atom is 0.294 e. The highest BCUT2D eigenvalue weighted by molar-refractivity contribution is 5.95. The molecule has 26 heavy (non-hydrogen) atoms. The predicted octanol–water partition coefficient (Wildman–Crippen LogP) is 1.23. The number of nitro groups is 1. The van der Waals surface area contributed by atoms with Gasteiger partial charge in [-0.15, -0.1) is 0 Å². The summed E-state index contributed by atoms with van der Waals surface area (Å²) in [7, 11) is 0. The number of hydrogen-bond acceptors (Lipinski definition) is 6. The second-order valence-corrected chi connectivity index (χ2v) is 6.14. The molecule has 0 radical (unpaired) electrons. The van der Waals surface area contributed by atoms with Crippen molar-refractivity contribution < 1.29 is 14.5 Å². The van der Waals surface area contributed by atoms with Crippen molar-refractivity contribution in [3.8, 4) is 5.69 Å². The van der Waals surface area contributed by atoms with E-state index in [9.17, 15) is 14.9 Å². The number of carbonyl (C=O) groups excluding carboxylic acids is 1. The van der Waals surface area contributed by atoms with E-state index in [0.29, 0.717) is 25.4 Å². The minimum absolute atomic E-state index is 0.142. The Hall–Kier alpha value is -2.78. The van der Waals surface area contributed by atoms with Crippen LogP contribution in [-0.2, 0) is 4.74 Å². The van der Waals surface area contributed by atoms with Crippen molar-refractivity contribution in [2.24, 2.45) is 0 Å². The van der Waals surface area contributed by atoms with Crippen LogP contribution in [0.25, 0.3) is 5.69 Å². The molecule has 0 spiro atoms. The molecule has 1 saturated heterocycles. The number of aromatic nitrogens is 2. The lowest BCUT2D eigenvalue weighted by Gasteiger charge is -2.32. The van der Waals surface area contributed by atoms with Gasteiger partial charge in [0.15, 0.2) is 0 Å². The molecule has 9 nitrogen and oxygen atoms in total. The standard InChI is InChI=1S/C17H21N5O4/c1-13(20-6-8-26-9-7-20)11-19-17(23)14-2-3-15(16(10-14)22(24)25)21-5-4-18-12-21/h2-5,10,12-13H,6-9,11H2,1H3,(H,19,23). The molecule has 1 N–H and O–H groups in total. The van der Waals surface area contributed by atoms with Crippen LogP contribution in [0.3, 0.4) is 0 Å². The lowest BCUT2D eigenvalue weighted by molar-refractivity contribution is -0.384. The topological polar surface area (TPSA) is 103 Å². The highest BCUT2D eigenvalue weighted by Crippen LogP contribution is 2.24. The van der Waals surface area contributed by atoms with Crippen LogP contribution in [0.2, 0.25) is 0 Å². The van der Waals surface area contributed by atoms with E-state index in [1.165, 1.54) is 18.6 Å². The molecule has 1 aliphatic heterocycles. The Labute approximate surface area is 150 Å². The molecule has 1 fully saturated rings. The summed E-state index contributed by atoms with van der Waals surface area (Å²) in [6.07, 6.45) is 4.63. The number of ether oxygens (including phenoxy) is 1. The van der Waals surface area contributed by atoms with E-state index in [-0.39, 0.29) is 23.2 Å². The normalized spacial score (nSPS) is 16.2. The quantitative estimate of drug-likeness (QED) is 0.615. The SMILES string of the molecule is CC(CNC(=O)c1ccc(-n2ccnc2)c([N+](=O)[O-])c1)N1CCOCC1. The number of nitro benzene ring substituents is 1. The molecule has 138 valence electrons. The lowest BCUT2D eigenvalue weighted by atomic mass is 10.1. The first-order chi connectivity index (χ1) is 12.6. The van der Waals surface area contributed by atoms with E-state index in [0.717, 1.165) is 13.1 Å². The molecule has 1 aliphatic rings. The van der Waals surface area contributed by atoms with Gasteiger partial charge in [0, 0.05) is 49.7 Å². The third kappa shape index (κ3) is 4.06. The molecule has 1 atom stereocenters. The van der Waals surface area contributed by atoms with Crippen LogP contribution in [0.1, 0.15) is 17.3 Å². The Morgan fingerprint density at radius 2 is 2.19 bits per heavy atom. The largest absolute Gasteiger partial charge is 0.379 e. The van der Waals surface area contributed by atoms with Crippen LogP contribution in [0, 0.1) is 10.1 Å². The molecule has 1 amide bonds. The van der Waals surface area contributed by atoms with Gasteiger partial charge in [0.05, 0.1) is 24.5 Å². The summed E-state index contributed by atoms with van der Waals surface area (Å²) < 4.78 is 6.86. The Balaban J connectivity index is 1.69. The summed E-state index contributed by atoms with van der Waals surface area (Å²) in [4.78, 5) is 29.4. The number of nitrogens with zero attached hydrogens (tertiary/aromatic N) is 4. The molecule has 1 aromatic heterocycles. The van der Waals surface area contributed by atoms with Crippen LogP contribution in [-0.4, -0.2) is 64.2 Å². The summed E-state index contributed by atoms with van der Waals surface area (Å²) in [5.74, 6) is -0.328. The van der Waals surface area contributed by atoms with Gasteiger partial charge < -0.3 is 14.6 Å². The van der Waals surface area contributed by atoms with Gasteiger partial charge in [-0.1, -0.05) is 0 Å². The number of hydrogen-bond donors (Lipinski definition) is 1. The average molecular weight is 359 g/mol. The van der Waals surface area contributed by atoms with Crippen molar-refractivity contribution >= 4 is 11.6 Å². The number of carbonyl (C=O) groups is 1. The van der Waals surface area contributed by atoms with Crippen molar-refractivity contribution in [3.63, 3.8) is 0 Å². The van der Waals surface area contributed by atoms with Gasteiger partial charge in [-0.2, -0.15) is 0 Å². The second kappa shape index (κ2) is 8.07. The predicted molar refractivity (Wildman–Crippen MR) is 94.4 cm³/mol. The maximum atomic E-state index is 12.4. The average Bonchev–Trinajstić information content (AvgIpc) is 3.20. The number of amides is 1. The van der Waals surface area contributed by atoms with Gasteiger partial charge in [0.2, 0.25) is 0 Å². The smallest absolute Gasteiger partial charge is 0.294 e. The first-order valence-corrected chi connectivity index (χ1v) is 8.43. The van der Waals surface area contributed by atoms with Crippen molar-refractivity contribution in [1.29, 1.82) is 0 Å². The first kappa shape index (κ1) is 18.0. The zero-order chi connectivity index (χ0) is 18.5. The number of nitrogens with one attached hydrogen (secondary N) is 1. The molecule has 1 aromatic carbocycles. The molecule has 9 heteroatoms. The van der Waals surface area contributed by atoms with E-state index in [1.807, 2.05) is 6.92 Å². The fourth-order valence-electron chi connectivity index (χ4n) is 2.92. The zero-order valence-corrected chi connectivity index (χ0v) is 14.5. The molecule has 0 saturated carbocycles. The van der Waals surface area contributed by atoms with Gasteiger partial charge in [-0.05, 0) is 19.1 Å². The van der Waals surface area contributed by atoms with Crippen LogP contribution in [0.5, 0.6) is 0 Å². The van der Waals surface area contributed by atoms with Crippen molar-refractivity contribution in [2.45, 2.75) is 13.0 Å². The van der Waals surface area contributed by atoms with E-state index in [1.54, 1.807) is 22.9 Å². The third-order valence-electron chi connectivity index (χ3n) is 4.44. The third-order valence-corrected chi connectivity index (χ3v) is 4.44. The number of imidazole rings is 1. The second-order valence-electron chi connectivity index (χ2n) is 6.14. The number of benzene rings is 1. The van der Waals surface area contributed by atoms with E-state index < -0.39 is 4.92 Å². The zero-order valence-electron chi connectivity index (χ0n) is 14.5. The highest BCUT2D eigenvalue weighted by atomic mass is 16.6. The number of rotatable bonds is 6. The Morgan fingerprint density at radius 3 is 2.85 bits per heavy atom. The Bertz CT molecular complexity index is 771. The minimum atomic E-state index is -0.498. The van der Waals surface area contributed by atoms with Crippen molar-refractivity contribution in [3.05, 3.63) is 52.6 Å². The molecular weight excluding hydrogens is 338 g/mol. The van der Waals surface area contributed by atoms with Crippen LogP contribution in [0.15, 0.2) is 36.9 Å². The Morgan fingerprint density at radius 1 is 1.42 bits per heavy atom. The van der Waals surface area contributed by atoms with Crippen LogP contribution >= 0.6 is 0 Å². The molecule has 2 aromatic rings. The molecule has 3 rings (SSSR count). The summed E-state index contributed by atoms with van der Waals surface area (Å²) >= 11 is 0. The van der Waals surface area contributed by atoms with E-state index in [4.69, 9.17) is 4.74 Å². The van der Waals surface area contributed by atoms with Gasteiger partial charge in [0.25, 0.3) is 11.6 Å². The molecule has 2 heterocycles. The molecule has 0 aliphatic carbocycles.